The highest BCUT2D eigenvalue weighted by molar-refractivity contribution is 5.46. The molecule has 1 aromatic heterocycles. The molecular weight excluding hydrogens is 278 g/mol. The zero-order chi connectivity index (χ0) is 14.9. The fraction of sp³-hybridized carbons (Fsp3) is 0.750. The quantitative estimate of drug-likeness (QED) is 0.853. The Kier molecular flexibility index (Phi) is 3.88. The van der Waals surface area contributed by atoms with E-state index in [2.05, 4.69) is 26.3 Å². The lowest BCUT2D eigenvalue weighted by molar-refractivity contribution is 0.0845. The zero-order valence-corrected chi connectivity index (χ0v) is 13.0. The molecule has 3 N–H and O–H groups in total. The predicted octanol–water partition coefficient (Wildman–Crippen LogP) is 1.14. The number of hydrogen-bond donors (Lipinski definition) is 2. The van der Waals surface area contributed by atoms with E-state index < -0.39 is 0 Å². The molecule has 0 saturated carbocycles. The van der Waals surface area contributed by atoms with Gasteiger partial charge in [0.05, 0.1) is 5.69 Å². The zero-order valence-electron chi connectivity index (χ0n) is 13.0. The van der Waals surface area contributed by atoms with Crippen molar-refractivity contribution in [2.24, 2.45) is 5.92 Å². The molecule has 3 aliphatic rings. The van der Waals surface area contributed by atoms with Crippen molar-refractivity contribution in [3.05, 3.63) is 11.8 Å². The summed E-state index contributed by atoms with van der Waals surface area (Å²) in [4.78, 5) is 11.4. The number of aromatic nitrogens is 2. The largest absolute Gasteiger partial charge is 0.381 e. The standard InChI is InChI=1S/C16H25N5O/c17-16-19-13(11-3-6-22-7-4-11)8-15(20-16)21-9-12-2-1-5-18-14(12)10-21/h8,11-12,14,18H,1-7,9-10H2,(H2,17,19,20). The van der Waals surface area contributed by atoms with Gasteiger partial charge in [0.2, 0.25) is 5.95 Å². The summed E-state index contributed by atoms with van der Waals surface area (Å²) < 4.78 is 5.45. The van der Waals surface area contributed by atoms with Crippen molar-refractivity contribution in [1.82, 2.24) is 15.3 Å². The van der Waals surface area contributed by atoms with Gasteiger partial charge in [-0.25, -0.2) is 4.98 Å². The predicted molar refractivity (Wildman–Crippen MR) is 86.0 cm³/mol. The van der Waals surface area contributed by atoms with Gasteiger partial charge in [-0.3, -0.25) is 0 Å². The molecule has 6 heteroatoms. The molecule has 4 heterocycles. The Morgan fingerprint density at radius 1 is 1.18 bits per heavy atom. The van der Waals surface area contributed by atoms with Crippen LogP contribution in [0, 0.1) is 5.92 Å². The van der Waals surface area contributed by atoms with E-state index in [1.54, 1.807) is 0 Å². The lowest BCUT2D eigenvalue weighted by Gasteiger charge is -2.24. The van der Waals surface area contributed by atoms with Crippen LogP contribution in [0.5, 0.6) is 0 Å². The Morgan fingerprint density at radius 3 is 2.86 bits per heavy atom. The molecule has 3 saturated heterocycles. The second-order valence-corrected chi connectivity index (χ2v) is 6.76. The van der Waals surface area contributed by atoms with Gasteiger partial charge in [-0.1, -0.05) is 0 Å². The van der Waals surface area contributed by atoms with Gasteiger partial charge in [-0.05, 0) is 38.1 Å². The molecule has 2 atom stereocenters. The number of nitrogens with two attached hydrogens (primary N) is 1. The summed E-state index contributed by atoms with van der Waals surface area (Å²) in [6, 6.07) is 2.76. The van der Waals surface area contributed by atoms with Gasteiger partial charge in [0.1, 0.15) is 5.82 Å². The van der Waals surface area contributed by atoms with Crippen LogP contribution in [-0.2, 0) is 4.74 Å². The van der Waals surface area contributed by atoms with Crippen molar-refractivity contribution in [2.45, 2.75) is 37.6 Å². The van der Waals surface area contributed by atoms with E-state index in [-0.39, 0.29) is 0 Å². The smallest absolute Gasteiger partial charge is 0.222 e. The number of anilines is 2. The second kappa shape index (κ2) is 6.01. The molecule has 3 fully saturated rings. The maximum absolute atomic E-state index is 5.98. The number of hydrogen-bond acceptors (Lipinski definition) is 6. The lowest BCUT2D eigenvalue weighted by atomic mass is 9.94. The van der Waals surface area contributed by atoms with Crippen LogP contribution in [0.2, 0.25) is 0 Å². The molecule has 0 amide bonds. The number of fused-ring (bicyclic) bond motifs is 1. The van der Waals surface area contributed by atoms with Crippen LogP contribution in [-0.4, -0.2) is 48.9 Å². The molecule has 0 bridgehead atoms. The van der Waals surface area contributed by atoms with E-state index >= 15 is 0 Å². The summed E-state index contributed by atoms with van der Waals surface area (Å²) >= 11 is 0. The fourth-order valence-corrected chi connectivity index (χ4v) is 4.07. The summed E-state index contributed by atoms with van der Waals surface area (Å²) in [5, 5.41) is 3.64. The van der Waals surface area contributed by atoms with Crippen LogP contribution >= 0.6 is 0 Å². The van der Waals surface area contributed by atoms with Crippen LogP contribution in [0.15, 0.2) is 6.07 Å². The maximum Gasteiger partial charge on any atom is 0.222 e. The molecule has 0 spiro atoms. The summed E-state index contributed by atoms with van der Waals surface area (Å²) in [5.74, 6) is 2.62. The van der Waals surface area contributed by atoms with Gasteiger partial charge in [0, 0.05) is 44.3 Å². The van der Waals surface area contributed by atoms with Gasteiger partial charge < -0.3 is 20.7 Å². The first-order valence-electron chi connectivity index (χ1n) is 8.50. The Labute approximate surface area is 131 Å². The van der Waals surface area contributed by atoms with E-state index in [1.807, 2.05) is 0 Å². The second-order valence-electron chi connectivity index (χ2n) is 6.76. The minimum absolute atomic E-state index is 0.404. The number of piperidine rings is 1. The highest BCUT2D eigenvalue weighted by atomic mass is 16.5. The van der Waals surface area contributed by atoms with Crippen LogP contribution in [0.1, 0.15) is 37.3 Å². The molecular formula is C16H25N5O. The Hall–Kier alpha value is -1.40. The number of nitrogen functional groups attached to an aromatic ring is 1. The number of nitrogens with zero attached hydrogens (tertiary/aromatic N) is 3. The molecule has 1 aromatic rings. The van der Waals surface area contributed by atoms with E-state index in [9.17, 15) is 0 Å². The third-order valence-corrected chi connectivity index (χ3v) is 5.31. The van der Waals surface area contributed by atoms with Crippen LogP contribution in [0.25, 0.3) is 0 Å². The molecule has 3 aliphatic heterocycles. The van der Waals surface area contributed by atoms with E-state index in [4.69, 9.17) is 10.5 Å². The molecule has 0 aliphatic carbocycles. The van der Waals surface area contributed by atoms with Crippen molar-refractivity contribution >= 4 is 11.8 Å². The third kappa shape index (κ3) is 2.77. The highest BCUT2D eigenvalue weighted by Gasteiger charge is 2.35. The van der Waals surface area contributed by atoms with Crippen molar-refractivity contribution in [1.29, 1.82) is 0 Å². The Bertz CT molecular complexity index is 517. The van der Waals surface area contributed by atoms with Crippen LogP contribution < -0.4 is 16.0 Å². The van der Waals surface area contributed by atoms with Gasteiger partial charge in [0.25, 0.3) is 0 Å². The molecule has 6 nitrogen and oxygen atoms in total. The minimum Gasteiger partial charge on any atom is -0.381 e. The molecule has 120 valence electrons. The lowest BCUT2D eigenvalue weighted by Crippen LogP contribution is -2.40. The summed E-state index contributed by atoms with van der Waals surface area (Å²) in [6.07, 6.45) is 4.67. The number of rotatable bonds is 2. The van der Waals surface area contributed by atoms with Gasteiger partial charge in [0.15, 0.2) is 0 Å². The van der Waals surface area contributed by atoms with E-state index in [0.29, 0.717) is 17.9 Å². The fourth-order valence-electron chi connectivity index (χ4n) is 4.07. The topological polar surface area (TPSA) is 76.3 Å². The normalized spacial score (nSPS) is 29.5. The maximum atomic E-state index is 5.98. The monoisotopic (exact) mass is 303 g/mol. The molecule has 4 rings (SSSR count). The first-order valence-corrected chi connectivity index (χ1v) is 8.50. The van der Waals surface area contributed by atoms with Crippen LogP contribution in [0.3, 0.4) is 0 Å². The van der Waals surface area contributed by atoms with Crippen molar-refractivity contribution in [3.63, 3.8) is 0 Å². The summed E-state index contributed by atoms with van der Waals surface area (Å²) in [5.41, 5.74) is 7.08. The van der Waals surface area contributed by atoms with Crippen molar-refractivity contribution in [2.75, 3.05) is 43.5 Å². The Morgan fingerprint density at radius 2 is 2.05 bits per heavy atom. The molecule has 0 aromatic carbocycles. The van der Waals surface area contributed by atoms with Gasteiger partial charge in [-0.15, -0.1) is 0 Å². The first kappa shape index (κ1) is 14.2. The highest BCUT2D eigenvalue weighted by Crippen LogP contribution is 2.31. The number of nitrogens with one attached hydrogen (secondary N) is 1. The van der Waals surface area contributed by atoms with Crippen LogP contribution in [0.4, 0.5) is 11.8 Å². The molecule has 0 radical (unpaired) electrons. The SMILES string of the molecule is Nc1nc(C2CCOCC2)cc(N2CC3CCCNC3C2)n1. The third-order valence-electron chi connectivity index (χ3n) is 5.31. The van der Waals surface area contributed by atoms with Gasteiger partial charge in [-0.2, -0.15) is 4.98 Å². The van der Waals surface area contributed by atoms with E-state index in [1.165, 1.54) is 12.8 Å². The van der Waals surface area contributed by atoms with Crippen molar-refractivity contribution in [3.8, 4) is 0 Å². The Balaban J connectivity index is 1.55. The minimum atomic E-state index is 0.404. The van der Waals surface area contributed by atoms with E-state index in [0.717, 1.165) is 63.1 Å². The van der Waals surface area contributed by atoms with Crippen molar-refractivity contribution < 1.29 is 4.74 Å². The molecule has 2 unspecified atom stereocenters. The number of ether oxygens (including phenoxy) is 1. The average Bonchev–Trinajstić information content (AvgIpc) is 2.99. The summed E-state index contributed by atoms with van der Waals surface area (Å²) in [6.45, 7) is 4.91. The molecule has 22 heavy (non-hydrogen) atoms. The average molecular weight is 303 g/mol. The summed E-state index contributed by atoms with van der Waals surface area (Å²) in [7, 11) is 0. The van der Waals surface area contributed by atoms with Gasteiger partial charge >= 0.3 is 0 Å². The first-order chi connectivity index (χ1) is 10.8.